The van der Waals surface area contributed by atoms with Crippen LogP contribution in [0.5, 0.6) is 5.88 Å². The summed E-state index contributed by atoms with van der Waals surface area (Å²) in [5, 5.41) is 9.81. The van der Waals surface area contributed by atoms with E-state index < -0.39 is 27.9 Å². The maximum absolute atomic E-state index is 13.9. The highest BCUT2D eigenvalue weighted by Gasteiger charge is 2.28. The van der Waals surface area contributed by atoms with Gasteiger partial charge in [0.15, 0.2) is 16.8 Å². The number of nitrogens with one attached hydrogen (secondary N) is 1. The molecule has 1 atom stereocenters. The van der Waals surface area contributed by atoms with E-state index in [-0.39, 0.29) is 34.8 Å². The molecule has 12 heteroatoms. The number of anilines is 1. The largest absolute Gasteiger partial charge is 0.475 e. The number of benzene rings is 1. The molecule has 1 aliphatic rings. The predicted molar refractivity (Wildman–Crippen MR) is 108 cm³/mol. The first-order valence-electron chi connectivity index (χ1n) is 9.32. The number of halogens is 2. The van der Waals surface area contributed by atoms with Crippen LogP contribution in [-0.2, 0) is 16.0 Å². The fraction of sp³-hybridized carbons (Fsp3) is 0.444. The Bertz CT molecular complexity index is 990. The molecule has 1 aromatic carbocycles. The summed E-state index contributed by atoms with van der Waals surface area (Å²) in [7, 11) is -3.76. The maximum atomic E-state index is 13.9. The van der Waals surface area contributed by atoms with Crippen molar-refractivity contribution in [3.05, 3.63) is 41.5 Å². The van der Waals surface area contributed by atoms with Gasteiger partial charge in [-0.15, -0.1) is 0 Å². The van der Waals surface area contributed by atoms with Crippen molar-refractivity contribution in [2.45, 2.75) is 36.8 Å². The number of aliphatic hydroxyl groups excluding tert-OH is 1. The SMILES string of the molecule is CC[C@@H](O)COc1cc(NS(=O)(=O)N2CCC2)nc(SCc2cccc(F)c2F)n1. The number of nitrogens with zero attached hydrogens (tertiary/aromatic N) is 3. The van der Waals surface area contributed by atoms with E-state index in [4.69, 9.17) is 4.74 Å². The summed E-state index contributed by atoms with van der Waals surface area (Å²) >= 11 is 0.999. The Balaban J connectivity index is 1.80. The zero-order valence-corrected chi connectivity index (χ0v) is 17.8. The second-order valence-corrected chi connectivity index (χ2v) is 9.22. The van der Waals surface area contributed by atoms with Gasteiger partial charge in [0.1, 0.15) is 12.4 Å². The minimum Gasteiger partial charge on any atom is -0.475 e. The van der Waals surface area contributed by atoms with Crippen molar-refractivity contribution in [3.8, 4) is 5.88 Å². The van der Waals surface area contributed by atoms with Crippen LogP contribution in [0.15, 0.2) is 29.4 Å². The summed E-state index contributed by atoms with van der Waals surface area (Å²) in [6.45, 7) is 2.60. The highest BCUT2D eigenvalue weighted by atomic mass is 32.2. The quantitative estimate of drug-likeness (QED) is 0.415. The van der Waals surface area contributed by atoms with Gasteiger partial charge in [-0.3, -0.25) is 4.72 Å². The second-order valence-electron chi connectivity index (χ2n) is 6.61. The molecule has 0 unspecified atom stereocenters. The Kier molecular flexibility index (Phi) is 7.45. The number of ether oxygens (including phenoxy) is 1. The van der Waals surface area contributed by atoms with Crippen LogP contribution in [0.25, 0.3) is 0 Å². The van der Waals surface area contributed by atoms with E-state index in [9.17, 15) is 22.3 Å². The topological polar surface area (TPSA) is 105 Å². The van der Waals surface area contributed by atoms with Gasteiger partial charge in [-0.05, 0) is 18.9 Å². The first-order valence-corrected chi connectivity index (χ1v) is 11.7. The van der Waals surface area contributed by atoms with Crippen molar-refractivity contribution in [2.75, 3.05) is 24.4 Å². The summed E-state index contributed by atoms with van der Waals surface area (Å²) in [6, 6.07) is 5.17. The Hall–Kier alpha value is -2.02. The van der Waals surface area contributed by atoms with Crippen molar-refractivity contribution in [1.82, 2.24) is 14.3 Å². The molecular formula is C18H22F2N4O4S2. The van der Waals surface area contributed by atoms with Gasteiger partial charge in [0.2, 0.25) is 5.88 Å². The third-order valence-corrected chi connectivity index (χ3v) is 6.76. The van der Waals surface area contributed by atoms with Gasteiger partial charge < -0.3 is 9.84 Å². The predicted octanol–water partition coefficient (Wildman–Crippen LogP) is 2.56. The van der Waals surface area contributed by atoms with Crippen LogP contribution in [0.3, 0.4) is 0 Å². The van der Waals surface area contributed by atoms with Crippen molar-refractivity contribution in [3.63, 3.8) is 0 Å². The second kappa shape index (κ2) is 9.86. The first kappa shape index (κ1) is 22.7. The van der Waals surface area contributed by atoms with Gasteiger partial charge in [0, 0.05) is 30.5 Å². The van der Waals surface area contributed by atoms with Crippen LogP contribution in [-0.4, -0.2) is 53.6 Å². The molecule has 1 fully saturated rings. The van der Waals surface area contributed by atoms with E-state index in [0.717, 1.165) is 24.2 Å². The maximum Gasteiger partial charge on any atom is 0.302 e. The van der Waals surface area contributed by atoms with Gasteiger partial charge in [0.25, 0.3) is 0 Å². The van der Waals surface area contributed by atoms with E-state index in [2.05, 4.69) is 14.7 Å². The van der Waals surface area contributed by atoms with Crippen molar-refractivity contribution in [2.24, 2.45) is 0 Å². The fourth-order valence-electron chi connectivity index (χ4n) is 2.42. The zero-order chi connectivity index (χ0) is 21.7. The summed E-state index contributed by atoms with van der Waals surface area (Å²) in [5.41, 5.74) is 0.124. The molecule has 0 saturated carbocycles. The summed E-state index contributed by atoms with van der Waals surface area (Å²) in [4.78, 5) is 8.32. The van der Waals surface area contributed by atoms with Crippen LogP contribution in [0.4, 0.5) is 14.6 Å². The average molecular weight is 461 g/mol. The Morgan fingerprint density at radius 2 is 2.10 bits per heavy atom. The summed E-state index contributed by atoms with van der Waals surface area (Å²) in [6.07, 6.45) is 0.549. The number of thioether (sulfide) groups is 1. The molecule has 0 amide bonds. The van der Waals surface area contributed by atoms with Crippen LogP contribution in [0, 0.1) is 11.6 Å². The van der Waals surface area contributed by atoms with Gasteiger partial charge in [-0.25, -0.2) is 13.8 Å². The fourth-order valence-corrected chi connectivity index (χ4v) is 4.48. The van der Waals surface area contributed by atoms with E-state index in [0.29, 0.717) is 19.5 Å². The van der Waals surface area contributed by atoms with Crippen LogP contribution in [0.1, 0.15) is 25.3 Å². The summed E-state index contributed by atoms with van der Waals surface area (Å²) in [5.74, 6) is -1.84. The molecule has 30 heavy (non-hydrogen) atoms. The van der Waals surface area contributed by atoms with E-state index >= 15 is 0 Å². The standard InChI is InChI=1S/C18H22F2N4O4S2/c1-2-13(25)10-28-16-9-15(23-30(26,27)24-7-4-8-24)21-18(22-16)29-11-12-5-3-6-14(19)17(12)20/h3,5-6,9,13,25H,2,4,7-8,10-11H2,1H3,(H,21,22,23)/t13-/m1/s1. The first-order chi connectivity index (χ1) is 14.3. The van der Waals surface area contributed by atoms with Crippen LogP contribution in [0.2, 0.25) is 0 Å². The zero-order valence-electron chi connectivity index (χ0n) is 16.2. The molecule has 0 aliphatic carbocycles. The minimum atomic E-state index is -3.76. The van der Waals surface area contributed by atoms with Crippen molar-refractivity contribution in [1.29, 1.82) is 0 Å². The molecule has 3 rings (SSSR count). The molecule has 0 spiro atoms. The van der Waals surface area contributed by atoms with E-state index in [1.807, 2.05) is 0 Å². The lowest BCUT2D eigenvalue weighted by Gasteiger charge is -2.29. The molecular weight excluding hydrogens is 438 g/mol. The molecule has 1 saturated heterocycles. The van der Waals surface area contributed by atoms with Gasteiger partial charge >= 0.3 is 10.2 Å². The van der Waals surface area contributed by atoms with Gasteiger partial charge in [0.05, 0.1) is 6.10 Å². The molecule has 2 heterocycles. The monoisotopic (exact) mass is 460 g/mol. The normalized spacial score (nSPS) is 15.5. The number of hydrogen-bond acceptors (Lipinski definition) is 7. The highest BCUT2D eigenvalue weighted by Crippen LogP contribution is 2.27. The number of hydrogen-bond donors (Lipinski definition) is 2. The number of aromatic nitrogens is 2. The number of rotatable bonds is 10. The van der Waals surface area contributed by atoms with Gasteiger partial charge in [-0.2, -0.15) is 17.7 Å². The van der Waals surface area contributed by atoms with Gasteiger partial charge in [-0.1, -0.05) is 30.8 Å². The average Bonchev–Trinajstić information content (AvgIpc) is 2.65. The Labute approximate surface area is 177 Å². The van der Waals surface area contributed by atoms with Crippen LogP contribution < -0.4 is 9.46 Å². The molecule has 164 valence electrons. The molecule has 1 aliphatic heterocycles. The third kappa shape index (κ3) is 5.78. The molecule has 1 aromatic heterocycles. The van der Waals surface area contributed by atoms with E-state index in [1.54, 1.807) is 6.92 Å². The molecule has 0 radical (unpaired) electrons. The minimum absolute atomic E-state index is 0.0138. The van der Waals surface area contributed by atoms with Crippen molar-refractivity contribution >= 4 is 27.8 Å². The lowest BCUT2D eigenvalue weighted by atomic mass is 10.2. The molecule has 8 nitrogen and oxygen atoms in total. The lowest BCUT2D eigenvalue weighted by Crippen LogP contribution is -2.45. The highest BCUT2D eigenvalue weighted by molar-refractivity contribution is 7.98. The third-order valence-electron chi connectivity index (χ3n) is 4.35. The Morgan fingerprint density at radius 3 is 2.77 bits per heavy atom. The molecule has 2 N–H and O–H groups in total. The van der Waals surface area contributed by atoms with Crippen LogP contribution >= 0.6 is 11.8 Å². The summed E-state index contributed by atoms with van der Waals surface area (Å²) < 4.78 is 61.1. The lowest BCUT2D eigenvalue weighted by molar-refractivity contribution is 0.101. The molecule has 2 aromatic rings. The van der Waals surface area contributed by atoms with Crippen molar-refractivity contribution < 1.29 is 27.0 Å². The number of aliphatic hydroxyl groups is 1. The smallest absolute Gasteiger partial charge is 0.302 e. The van der Waals surface area contributed by atoms with E-state index in [1.165, 1.54) is 22.5 Å². The molecule has 0 bridgehead atoms. The Morgan fingerprint density at radius 1 is 1.33 bits per heavy atom.